The van der Waals surface area contributed by atoms with Crippen molar-refractivity contribution in [3.8, 4) is 0 Å². The van der Waals surface area contributed by atoms with Gasteiger partial charge in [-0.1, -0.05) is 32.9 Å². The van der Waals surface area contributed by atoms with E-state index < -0.39 is 0 Å². The molecule has 0 amide bonds. The van der Waals surface area contributed by atoms with Gasteiger partial charge in [-0.2, -0.15) is 0 Å². The summed E-state index contributed by atoms with van der Waals surface area (Å²) in [5, 5.41) is 4.21. The first-order valence-corrected chi connectivity index (χ1v) is 9.79. The Kier molecular flexibility index (Phi) is 5.95. The fourth-order valence-electron chi connectivity index (χ4n) is 3.20. The zero-order chi connectivity index (χ0) is 19.4. The van der Waals surface area contributed by atoms with Gasteiger partial charge in [0.15, 0.2) is 5.78 Å². The van der Waals surface area contributed by atoms with Crippen LogP contribution in [0.25, 0.3) is 0 Å². The first-order chi connectivity index (χ1) is 12.9. The molecule has 3 rings (SSSR count). The zero-order valence-corrected chi connectivity index (χ0v) is 16.9. The Morgan fingerprint density at radius 1 is 1.19 bits per heavy atom. The highest BCUT2D eigenvalue weighted by Gasteiger charge is 2.21. The van der Waals surface area contributed by atoms with Gasteiger partial charge in [-0.15, -0.1) is 0 Å². The second kappa shape index (κ2) is 8.21. The lowest BCUT2D eigenvalue weighted by molar-refractivity contribution is 0.0988. The van der Waals surface area contributed by atoms with E-state index in [1.165, 1.54) is 0 Å². The maximum Gasteiger partial charge on any atom is 0.164 e. The number of carbonyl (C=O) groups is 1. The maximum atomic E-state index is 11.7. The lowest BCUT2D eigenvalue weighted by Crippen LogP contribution is -2.47. The van der Waals surface area contributed by atoms with Crippen LogP contribution in [-0.4, -0.2) is 53.5 Å². The number of rotatable bonds is 6. The predicted octanol–water partition coefficient (Wildman–Crippen LogP) is 3.32. The minimum atomic E-state index is 0.00116. The highest BCUT2D eigenvalue weighted by molar-refractivity contribution is 5.95. The summed E-state index contributed by atoms with van der Waals surface area (Å²) in [6, 6.07) is 5.93. The predicted molar refractivity (Wildman–Crippen MR) is 106 cm³/mol. The van der Waals surface area contributed by atoms with E-state index in [0.717, 1.165) is 56.4 Å². The van der Waals surface area contributed by atoms with E-state index in [1.54, 1.807) is 6.20 Å². The smallest absolute Gasteiger partial charge is 0.164 e. The Morgan fingerprint density at radius 3 is 2.48 bits per heavy atom. The Labute approximate surface area is 161 Å². The van der Waals surface area contributed by atoms with Crippen LogP contribution >= 0.6 is 0 Å². The SMILES string of the molecule is CCC(=O)c1ccc(N2CCN(CCc3cc(C(C)(C)C)on3)CC2)nc1. The highest BCUT2D eigenvalue weighted by atomic mass is 16.5. The maximum absolute atomic E-state index is 11.7. The molecule has 1 aliphatic heterocycles. The number of nitrogens with zero attached hydrogens (tertiary/aromatic N) is 4. The van der Waals surface area contributed by atoms with Crippen molar-refractivity contribution in [3.63, 3.8) is 0 Å². The standard InChI is InChI=1S/C21H30N4O2/c1-5-18(26)16-6-7-20(22-15-16)25-12-10-24(11-13-25)9-8-17-14-19(27-23-17)21(2,3)4/h6-7,14-15H,5,8-13H2,1-4H3. The van der Waals surface area contributed by atoms with Crippen molar-refractivity contribution in [1.29, 1.82) is 0 Å². The van der Waals surface area contributed by atoms with Gasteiger partial charge in [-0.05, 0) is 12.1 Å². The van der Waals surface area contributed by atoms with E-state index in [-0.39, 0.29) is 11.2 Å². The molecule has 1 aliphatic rings. The molecule has 0 unspecified atom stereocenters. The number of hydrogen-bond acceptors (Lipinski definition) is 6. The van der Waals surface area contributed by atoms with Gasteiger partial charge in [0.25, 0.3) is 0 Å². The molecular weight excluding hydrogens is 340 g/mol. The van der Waals surface area contributed by atoms with E-state index >= 15 is 0 Å². The first-order valence-electron chi connectivity index (χ1n) is 9.79. The van der Waals surface area contributed by atoms with E-state index in [1.807, 2.05) is 19.1 Å². The van der Waals surface area contributed by atoms with Crippen LogP contribution in [0.5, 0.6) is 0 Å². The summed E-state index contributed by atoms with van der Waals surface area (Å²) in [6.45, 7) is 13.2. The summed E-state index contributed by atoms with van der Waals surface area (Å²) in [7, 11) is 0. The van der Waals surface area contributed by atoms with Crippen LogP contribution in [0, 0.1) is 0 Å². The van der Waals surface area contributed by atoms with Crippen molar-refractivity contribution in [1.82, 2.24) is 15.0 Å². The van der Waals surface area contributed by atoms with E-state index in [9.17, 15) is 4.79 Å². The van der Waals surface area contributed by atoms with Gasteiger partial charge in [-0.3, -0.25) is 9.69 Å². The van der Waals surface area contributed by atoms with E-state index in [0.29, 0.717) is 12.0 Å². The van der Waals surface area contributed by atoms with Crippen molar-refractivity contribution in [2.24, 2.45) is 0 Å². The van der Waals surface area contributed by atoms with Gasteiger partial charge < -0.3 is 9.42 Å². The van der Waals surface area contributed by atoms with Gasteiger partial charge in [0.2, 0.25) is 0 Å². The van der Waals surface area contributed by atoms with Crippen molar-refractivity contribution in [2.75, 3.05) is 37.6 Å². The van der Waals surface area contributed by atoms with Crippen LogP contribution in [0.3, 0.4) is 0 Å². The molecule has 0 N–H and O–H groups in total. The van der Waals surface area contributed by atoms with Crippen molar-refractivity contribution in [2.45, 2.75) is 46.0 Å². The average molecular weight is 370 g/mol. The monoisotopic (exact) mass is 370 g/mol. The minimum Gasteiger partial charge on any atom is -0.361 e. The largest absolute Gasteiger partial charge is 0.361 e. The Morgan fingerprint density at radius 2 is 1.93 bits per heavy atom. The molecule has 27 heavy (non-hydrogen) atoms. The minimum absolute atomic E-state index is 0.00116. The van der Waals surface area contributed by atoms with Crippen molar-refractivity contribution in [3.05, 3.63) is 41.4 Å². The number of anilines is 1. The number of hydrogen-bond donors (Lipinski definition) is 0. The zero-order valence-electron chi connectivity index (χ0n) is 16.9. The van der Waals surface area contributed by atoms with Crippen molar-refractivity contribution < 1.29 is 9.32 Å². The molecule has 0 spiro atoms. The fraction of sp³-hybridized carbons (Fsp3) is 0.571. The summed E-state index contributed by atoms with van der Waals surface area (Å²) in [5.74, 6) is 2.04. The Balaban J connectivity index is 1.47. The molecule has 0 atom stereocenters. The molecule has 0 radical (unpaired) electrons. The van der Waals surface area contributed by atoms with Gasteiger partial charge in [0.1, 0.15) is 11.6 Å². The molecule has 1 saturated heterocycles. The number of aromatic nitrogens is 2. The topological polar surface area (TPSA) is 62.5 Å². The lowest BCUT2D eigenvalue weighted by Gasteiger charge is -2.35. The van der Waals surface area contributed by atoms with Crippen molar-refractivity contribution >= 4 is 11.6 Å². The summed E-state index contributed by atoms with van der Waals surface area (Å²) >= 11 is 0. The van der Waals surface area contributed by atoms with Crippen LogP contribution in [-0.2, 0) is 11.8 Å². The van der Waals surface area contributed by atoms with Crippen LogP contribution < -0.4 is 4.90 Å². The average Bonchev–Trinajstić information content (AvgIpc) is 3.16. The van der Waals surface area contributed by atoms with E-state index in [2.05, 4.69) is 46.8 Å². The number of pyridine rings is 1. The van der Waals surface area contributed by atoms with Crippen LogP contribution in [0.15, 0.2) is 28.9 Å². The van der Waals surface area contributed by atoms with Crippen LogP contribution in [0.2, 0.25) is 0 Å². The summed E-state index contributed by atoms with van der Waals surface area (Å²) < 4.78 is 5.47. The molecule has 6 heteroatoms. The van der Waals surface area contributed by atoms with Gasteiger partial charge in [-0.25, -0.2) is 4.98 Å². The third kappa shape index (κ3) is 4.95. The van der Waals surface area contributed by atoms with Crippen LogP contribution in [0.4, 0.5) is 5.82 Å². The number of piperazine rings is 1. The lowest BCUT2D eigenvalue weighted by atomic mass is 9.93. The third-order valence-corrected chi connectivity index (χ3v) is 5.07. The molecular formula is C21H30N4O2. The highest BCUT2D eigenvalue weighted by Crippen LogP contribution is 2.23. The third-order valence-electron chi connectivity index (χ3n) is 5.07. The normalized spacial score (nSPS) is 15.9. The molecule has 6 nitrogen and oxygen atoms in total. The van der Waals surface area contributed by atoms with E-state index in [4.69, 9.17) is 4.52 Å². The molecule has 3 heterocycles. The number of carbonyl (C=O) groups excluding carboxylic acids is 1. The summed E-state index contributed by atoms with van der Waals surface area (Å²) in [6.07, 6.45) is 3.12. The molecule has 1 fully saturated rings. The quantitative estimate of drug-likeness (QED) is 0.727. The Bertz CT molecular complexity index is 753. The number of Topliss-reactive ketones (excluding diaryl/α,β-unsaturated/α-hetero) is 1. The van der Waals surface area contributed by atoms with Crippen LogP contribution in [0.1, 0.15) is 55.9 Å². The molecule has 2 aromatic rings. The summed E-state index contributed by atoms with van der Waals surface area (Å²) in [5.41, 5.74) is 1.73. The Hall–Kier alpha value is -2.21. The van der Waals surface area contributed by atoms with Gasteiger partial charge in [0.05, 0.1) is 5.69 Å². The fourth-order valence-corrected chi connectivity index (χ4v) is 3.20. The molecule has 0 bridgehead atoms. The van der Waals surface area contributed by atoms with Gasteiger partial charge >= 0.3 is 0 Å². The molecule has 0 aromatic carbocycles. The summed E-state index contributed by atoms with van der Waals surface area (Å²) in [4.78, 5) is 20.9. The van der Waals surface area contributed by atoms with Gasteiger partial charge in [0, 0.05) is 68.8 Å². The molecule has 2 aromatic heterocycles. The second-order valence-corrected chi connectivity index (χ2v) is 8.19. The second-order valence-electron chi connectivity index (χ2n) is 8.19. The molecule has 0 saturated carbocycles. The first kappa shape index (κ1) is 19.5. The molecule has 146 valence electrons. The molecule has 0 aliphatic carbocycles. The number of ketones is 1.